The SMILES string of the molecule is CCC(Sc1cccc(NC(=O)/C(=C\c2ccc(F)cc2)NC(=O)c2ccccc2)c1)C(=O)Nc1cc(C(=O)O)ccc1C. The zero-order chi connectivity index (χ0) is 31.6. The number of aryl methyl sites for hydroxylation is 1. The molecule has 0 spiro atoms. The molecule has 0 heterocycles. The average Bonchev–Trinajstić information content (AvgIpc) is 3.02. The molecule has 0 aliphatic carbocycles. The summed E-state index contributed by atoms with van der Waals surface area (Å²) in [6.45, 7) is 3.65. The Morgan fingerprint density at radius 3 is 2.27 bits per heavy atom. The molecular weight excluding hydrogens is 581 g/mol. The third kappa shape index (κ3) is 8.65. The molecule has 4 aromatic rings. The van der Waals surface area contributed by atoms with Gasteiger partial charge >= 0.3 is 5.97 Å². The van der Waals surface area contributed by atoms with Gasteiger partial charge in [0.1, 0.15) is 11.5 Å². The molecule has 0 aliphatic heterocycles. The van der Waals surface area contributed by atoms with Crippen LogP contribution in [-0.2, 0) is 9.59 Å². The van der Waals surface area contributed by atoms with Crippen LogP contribution in [0.1, 0.15) is 45.2 Å². The highest BCUT2D eigenvalue weighted by molar-refractivity contribution is 8.00. The van der Waals surface area contributed by atoms with Crippen molar-refractivity contribution < 1.29 is 28.7 Å². The summed E-state index contributed by atoms with van der Waals surface area (Å²) in [5.41, 5.74) is 2.48. The molecule has 4 rings (SSSR count). The molecule has 0 radical (unpaired) electrons. The van der Waals surface area contributed by atoms with E-state index < -0.39 is 28.9 Å². The number of carbonyl (C=O) groups excluding carboxylic acids is 3. The van der Waals surface area contributed by atoms with Crippen LogP contribution >= 0.6 is 11.8 Å². The summed E-state index contributed by atoms with van der Waals surface area (Å²) in [4.78, 5) is 51.5. The first-order valence-electron chi connectivity index (χ1n) is 13.7. The van der Waals surface area contributed by atoms with Crippen LogP contribution in [0.25, 0.3) is 6.08 Å². The summed E-state index contributed by atoms with van der Waals surface area (Å²) >= 11 is 1.29. The first-order valence-corrected chi connectivity index (χ1v) is 14.6. The molecule has 4 aromatic carbocycles. The third-order valence-electron chi connectivity index (χ3n) is 6.49. The summed E-state index contributed by atoms with van der Waals surface area (Å²) in [7, 11) is 0. The predicted molar refractivity (Wildman–Crippen MR) is 170 cm³/mol. The second-order valence-electron chi connectivity index (χ2n) is 9.75. The van der Waals surface area contributed by atoms with E-state index in [1.807, 2.05) is 6.92 Å². The number of thioether (sulfide) groups is 1. The van der Waals surface area contributed by atoms with Gasteiger partial charge in [-0.25, -0.2) is 9.18 Å². The van der Waals surface area contributed by atoms with E-state index in [0.29, 0.717) is 33.8 Å². The number of amides is 3. The first kappa shape index (κ1) is 31.7. The fourth-order valence-corrected chi connectivity index (χ4v) is 5.12. The quantitative estimate of drug-likeness (QED) is 0.110. The standard InChI is InChI=1S/C34H30FN3O5S/c1-3-30(33(41)37-28-19-24(34(42)43)15-12-21(28)2)44-27-11-7-10-26(20-27)36-32(40)29(18-22-13-16-25(35)17-14-22)38-31(39)23-8-5-4-6-9-23/h4-20,30H,3H2,1-2H3,(H,36,40)(H,37,41)(H,38,39)(H,42,43)/b29-18+. The number of hydrogen-bond donors (Lipinski definition) is 4. The Kier molecular flexibility index (Phi) is 10.7. The van der Waals surface area contributed by atoms with E-state index in [1.165, 1.54) is 54.2 Å². The highest BCUT2D eigenvalue weighted by Gasteiger charge is 2.20. The number of anilines is 2. The smallest absolute Gasteiger partial charge is 0.335 e. The zero-order valence-electron chi connectivity index (χ0n) is 24.0. The largest absolute Gasteiger partial charge is 0.478 e. The summed E-state index contributed by atoms with van der Waals surface area (Å²) < 4.78 is 13.5. The molecule has 0 saturated carbocycles. The lowest BCUT2D eigenvalue weighted by atomic mass is 10.1. The van der Waals surface area contributed by atoms with Gasteiger partial charge in [-0.05, 0) is 85.1 Å². The van der Waals surface area contributed by atoms with E-state index in [-0.39, 0.29) is 17.2 Å². The molecule has 4 N–H and O–H groups in total. The highest BCUT2D eigenvalue weighted by atomic mass is 32.2. The number of nitrogens with one attached hydrogen (secondary N) is 3. The number of rotatable bonds is 11. The summed E-state index contributed by atoms with van der Waals surface area (Å²) in [5.74, 6) is -2.89. The number of halogens is 1. The van der Waals surface area contributed by atoms with Crippen molar-refractivity contribution in [3.63, 3.8) is 0 Å². The van der Waals surface area contributed by atoms with E-state index in [1.54, 1.807) is 67.6 Å². The lowest BCUT2D eigenvalue weighted by Gasteiger charge is -2.17. The minimum absolute atomic E-state index is 0.0479. The second kappa shape index (κ2) is 14.8. The van der Waals surface area contributed by atoms with Crippen LogP contribution in [0.15, 0.2) is 108 Å². The van der Waals surface area contributed by atoms with Crippen molar-refractivity contribution in [2.45, 2.75) is 30.4 Å². The Balaban J connectivity index is 1.50. The second-order valence-corrected chi connectivity index (χ2v) is 11.0. The van der Waals surface area contributed by atoms with E-state index in [9.17, 15) is 28.7 Å². The topological polar surface area (TPSA) is 125 Å². The van der Waals surface area contributed by atoms with E-state index in [2.05, 4.69) is 16.0 Å². The Bertz CT molecular complexity index is 1710. The van der Waals surface area contributed by atoms with Gasteiger partial charge in [-0.2, -0.15) is 0 Å². The van der Waals surface area contributed by atoms with Crippen molar-refractivity contribution in [3.8, 4) is 0 Å². The maximum atomic E-state index is 13.5. The van der Waals surface area contributed by atoms with Gasteiger partial charge in [0.15, 0.2) is 0 Å². The fraction of sp³-hybridized carbons (Fsp3) is 0.118. The third-order valence-corrected chi connectivity index (χ3v) is 7.84. The van der Waals surface area contributed by atoms with Crippen LogP contribution in [0.2, 0.25) is 0 Å². The molecule has 0 aromatic heterocycles. The predicted octanol–water partition coefficient (Wildman–Crippen LogP) is 6.75. The normalized spacial score (nSPS) is 11.8. The van der Waals surface area contributed by atoms with Crippen LogP contribution in [0, 0.1) is 12.7 Å². The van der Waals surface area contributed by atoms with Gasteiger partial charge in [0.05, 0.1) is 10.8 Å². The average molecular weight is 612 g/mol. The molecule has 1 atom stereocenters. The van der Waals surface area contributed by atoms with E-state index in [4.69, 9.17) is 0 Å². The molecule has 224 valence electrons. The molecule has 0 aliphatic rings. The molecule has 0 bridgehead atoms. The van der Waals surface area contributed by atoms with Crippen LogP contribution in [0.4, 0.5) is 15.8 Å². The van der Waals surface area contributed by atoms with Crippen molar-refractivity contribution >= 4 is 52.9 Å². The number of carboxylic acids is 1. The van der Waals surface area contributed by atoms with Crippen molar-refractivity contribution in [1.82, 2.24) is 5.32 Å². The Morgan fingerprint density at radius 1 is 0.864 bits per heavy atom. The highest BCUT2D eigenvalue weighted by Crippen LogP contribution is 2.29. The molecule has 3 amide bonds. The minimum Gasteiger partial charge on any atom is -0.478 e. The first-order chi connectivity index (χ1) is 21.1. The Morgan fingerprint density at radius 2 is 1.59 bits per heavy atom. The van der Waals surface area contributed by atoms with Gasteiger partial charge in [-0.15, -0.1) is 11.8 Å². The summed E-state index contributed by atoms with van der Waals surface area (Å²) in [5, 5.41) is 17.1. The zero-order valence-corrected chi connectivity index (χ0v) is 24.8. The van der Waals surface area contributed by atoms with Gasteiger partial charge in [0.25, 0.3) is 11.8 Å². The molecule has 0 fully saturated rings. The van der Waals surface area contributed by atoms with Gasteiger partial charge in [-0.1, -0.05) is 49.4 Å². The van der Waals surface area contributed by atoms with E-state index in [0.717, 1.165) is 5.56 Å². The van der Waals surface area contributed by atoms with Crippen molar-refractivity contribution in [2.75, 3.05) is 10.6 Å². The molecule has 1 unspecified atom stereocenters. The van der Waals surface area contributed by atoms with Crippen molar-refractivity contribution in [1.29, 1.82) is 0 Å². The number of benzene rings is 4. The van der Waals surface area contributed by atoms with Crippen molar-refractivity contribution in [3.05, 3.63) is 131 Å². The molecule has 8 nitrogen and oxygen atoms in total. The monoisotopic (exact) mass is 611 g/mol. The van der Waals surface area contributed by atoms with Crippen LogP contribution in [-0.4, -0.2) is 34.0 Å². The molecule has 0 saturated heterocycles. The van der Waals surface area contributed by atoms with Gasteiger partial charge in [0, 0.05) is 21.8 Å². The molecular formula is C34H30FN3O5S. The molecule has 10 heteroatoms. The minimum atomic E-state index is -1.09. The number of hydrogen-bond acceptors (Lipinski definition) is 5. The fourth-order valence-electron chi connectivity index (χ4n) is 4.10. The Hall–Kier alpha value is -5.22. The lowest BCUT2D eigenvalue weighted by molar-refractivity contribution is -0.116. The lowest BCUT2D eigenvalue weighted by Crippen LogP contribution is -2.30. The van der Waals surface area contributed by atoms with Crippen molar-refractivity contribution in [2.24, 2.45) is 0 Å². The number of carboxylic acid groups (broad SMARTS) is 1. The maximum Gasteiger partial charge on any atom is 0.335 e. The van der Waals surface area contributed by atoms with Gasteiger partial charge in [-0.3, -0.25) is 14.4 Å². The number of aromatic carboxylic acids is 1. The summed E-state index contributed by atoms with van der Waals surface area (Å²) in [6.07, 6.45) is 1.94. The van der Waals surface area contributed by atoms with Gasteiger partial charge in [0.2, 0.25) is 5.91 Å². The van der Waals surface area contributed by atoms with Crippen LogP contribution in [0.5, 0.6) is 0 Å². The maximum absolute atomic E-state index is 13.5. The van der Waals surface area contributed by atoms with Gasteiger partial charge < -0.3 is 21.1 Å². The molecule has 44 heavy (non-hydrogen) atoms. The van der Waals surface area contributed by atoms with E-state index >= 15 is 0 Å². The van der Waals surface area contributed by atoms with Crippen LogP contribution in [0.3, 0.4) is 0 Å². The Labute approximate surface area is 258 Å². The summed E-state index contributed by atoms with van der Waals surface area (Å²) in [6, 6.07) is 25.4. The van der Waals surface area contributed by atoms with Crippen LogP contribution < -0.4 is 16.0 Å². The number of carbonyl (C=O) groups is 4.